The third-order valence-corrected chi connectivity index (χ3v) is 12.0. The van der Waals surface area contributed by atoms with Gasteiger partial charge in [-0.15, -0.1) is 0 Å². The number of carbonyl (C=O) groups is 3. The van der Waals surface area contributed by atoms with Crippen LogP contribution < -0.4 is 16.0 Å². The van der Waals surface area contributed by atoms with Gasteiger partial charge >= 0.3 is 0 Å². The highest BCUT2D eigenvalue weighted by Gasteiger charge is 2.51. The number of carbonyl (C=O) groups excluding carboxylic acids is 3. The summed E-state index contributed by atoms with van der Waals surface area (Å²) in [4.78, 5) is 49.8. The van der Waals surface area contributed by atoms with Crippen LogP contribution in [0.25, 0.3) is 11.0 Å². The average Bonchev–Trinajstić information content (AvgIpc) is 3.91. The molecule has 13 heteroatoms. The van der Waals surface area contributed by atoms with Crippen molar-refractivity contribution >= 4 is 40.4 Å². The Morgan fingerprint density at radius 2 is 1.87 bits per heavy atom. The quantitative estimate of drug-likeness (QED) is 0.122. The zero-order valence-electron chi connectivity index (χ0n) is 30.1. The minimum Gasteiger partial charge on any atom is -0.383 e. The van der Waals surface area contributed by atoms with Crippen LogP contribution in [-0.4, -0.2) is 69.4 Å². The summed E-state index contributed by atoms with van der Waals surface area (Å²) in [6.45, 7) is 4.00. The van der Waals surface area contributed by atoms with Gasteiger partial charge in [-0.2, -0.15) is 5.10 Å². The van der Waals surface area contributed by atoms with Crippen LogP contribution in [0.4, 0.5) is 4.39 Å². The first-order valence-electron chi connectivity index (χ1n) is 18.1. The van der Waals surface area contributed by atoms with Gasteiger partial charge in [0.1, 0.15) is 23.2 Å². The van der Waals surface area contributed by atoms with Gasteiger partial charge in [0.25, 0.3) is 5.91 Å². The summed E-state index contributed by atoms with van der Waals surface area (Å²) < 4.78 is 21.5. The van der Waals surface area contributed by atoms with Gasteiger partial charge in [-0.3, -0.25) is 19.1 Å². The molecule has 0 aliphatic heterocycles. The van der Waals surface area contributed by atoms with Crippen LogP contribution in [0.15, 0.2) is 54.7 Å². The lowest BCUT2D eigenvalue weighted by Crippen LogP contribution is -2.57. The van der Waals surface area contributed by atoms with Crippen LogP contribution in [0.3, 0.4) is 0 Å². The fourth-order valence-corrected chi connectivity index (χ4v) is 7.80. The second-order valence-electron chi connectivity index (χ2n) is 15.6. The molecular weight excluding hydrogens is 685 g/mol. The molecule has 2 heterocycles. The van der Waals surface area contributed by atoms with Crippen molar-refractivity contribution in [2.24, 2.45) is 18.4 Å². The van der Waals surface area contributed by atoms with E-state index in [2.05, 4.69) is 33.0 Å². The Morgan fingerprint density at radius 1 is 1.12 bits per heavy atom. The molecule has 2 aromatic heterocycles. The van der Waals surface area contributed by atoms with E-state index in [1.54, 1.807) is 26.2 Å². The number of aryl methyl sites for hydroxylation is 1. The highest BCUT2D eigenvalue weighted by atomic mass is 35.5. The first-order chi connectivity index (χ1) is 24.8. The number of amides is 3. The Balaban J connectivity index is 1.22. The molecule has 4 N–H and O–H groups in total. The van der Waals surface area contributed by atoms with Crippen LogP contribution in [0.1, 0.15) is 98.2 Å². The molecule has 0 bridgehead atoms. The van der Waals surface area contributed by atoms with E-state index in [9.17, 15) is 18.8 Å². The van der Waals surface area contributed by atoms with Gasteiger partial charge < -0.3 is 25.7 Å². The number of H-pyrrole nitrogens is 1. The van der Waals surface area contributed by atoms with Crippen molar-refractivity contribution in [3.8, 4) is 0 Å². The van der Waals surface area contributed by atoms with Gasteiger partial charge in [0, 0.05) is 31.3 Å². The van der Waals surface area contributed by atoms with E-state index in [4.69, 9.17) is 21.3 Å². The smallest absolute Gasteiger partial charge is 0.270 e. The number of fused-ring (bicyclic) bond motifs is 1. The van der Waals surface area contributed by atoms with E-state index in [1.807, 2.05) is 42.5 Å². The van der Waals surface area contributed by atoms with Crippen LogP contribution in [-0.2, 0) is 26.8 Å². The second kappa shape index (κ2) is 13.9. The summed E-state index contributed by atoms with van der Waals surface area (Å²) in [5, 5.41) is 13.9. The predicted molar refractivity (Wildman–Crippen MR) is 196 cm³/mol. The number of nitrogens with zero attached hydrogens (tertiary/aromatic N) is 3. The number of aromatic amines is 1. The molecule has 11 nitrogen and oxygen atoms in total. The van der Waals surface area contributed by atoms with E-state index in [1.165, 1.54) is 11.8 Å². The summed E-state index contributed by atoms with van der Waals surface area (Å²) in [6, 6.07) is 13.6. The van der Waals surface area contributed by atoms with E-state index in [0.717, 1.165) is 37.7 Å². The minimum atomic E-state index is -1.34. The number of nitrogens with one attached hydrogen (secondary N) is 4. The number of methoxy groups -OCH3 is 1. The monoisotopic (exact) mass is 731 g/mol. The minimum absolute atomic E-state index is 0.0129. The molecule has 52 heavy (non-hydrogen) atoms. The number of rotatable bonds is 15. The summed E-state index contributed by atoms with van der Waals surface area (Å²) in [5.74, 6) is -0.663. The molecule has 3 aliphatic carbocycles. The topological polar surface area (TPSA) is 143 Å². The van der Waals surface area contributed by atoms with Crippen molar-refractivity contribution in [3.05, 3.63) is 82.4 Å². The zero-order chi connectivity index (χ0) is 36.8. The zero-order valence-corrected chi connectivity index (χ0v) is 30.9. The van der Waals surface area contributed by atoms with Gasteiger partial charge in [0.2, 0.25) is 11.8 Å². The first-order valence-corrected chi connectivity index (χ1v) is 18.5. The predicted octanol–water partition coefficient (Wildman–Crippen LogP) is 5.81. The largest absolute Gasteiger partial charge is 0.383 e. The Hall–Kier alpha value is -4.29. The SMILES string of the molecule is COCC(C)(C(=O)N[C@@H](C(=O)NCC1(F)CC1)C1CCC1)c1ccc2nc([C@@H](NC(=O)c3ccnn3C)[C@H](c3ccccc3Cl)C3(C)CC3)[nH]c2c1. The third kappa shape index (κ3) is 7.07. The number of imidazole rings is 1. The van der Waals surface area contributed by atoms with Crippen molar-refractivity contribution in [1.82, 2.24) is 35.7 Å². The molecule has 7 rings (SSSR count). The van der Waals surface area contributed by atoms with Gasteiger partial charge in [-0.25, -0.2) is 9.37 Å². The molecule has 0 radical (unpaired) electrons. The molecule has 3 aliphatic rings. The second-order valence-corrected chi connectivity index (χ2v) is 16.0. The first kappa shape index (κ1) is 36.1. The number of ether oxygens (including phenoxy) is 1. The Labute approximate surface area is 307 Å². The van der Waals surface area contributed by atoms with Crippen LogP contribution >= 0.6 is 11.6 Å². The van der Waals surface area contributed by atoms with Crippen molar-refractivity contribution < 1.29 is 23.5 Å². The lowest BCUT2D eigenvalue weighted by molar-refractivity contribution is -0.135. The molecule has 4 atom stereocenters. The molecule has 0 spiro atoms. The highest BCUT2D eigenvalue weighted by molar-refractivity contribution is 6.31. The lowest BCUT2D eigenvalue weighted by Gasteiger charge is -2.36. The summed E-state index contributed by atoms with van der Waals surface area (Å²) in [6.07, 6.45) is 7.00. The van der Waals surface area contributed by atoms with E-state index >= 15 is 0 Å². The number of aromatic nitrogens is 4. The molecule has 0 saturated heterocycles. The van der Waals surface area contributed by atoms with Gasteiger partial charge in [-0.1, -0.05) is 49.2 Å². The molecule has 2 aromatic carbocycles. The van der Waals surface area contributed by atoms with Crippen LogP contribution in [0.5, 0.6) is 0 Å². The van der Waals surface area contributed by atoms with Gasteiger partial charge in [-0.05, 0) is 92.2 Å². The number of hydrogen-bond donors (Lipinski definition) is 4. The fourth-order valence-electron chi connectivity index (χ4n) is 7.54. The summed E-state index contributed by atoms with van der Waals surface area (Å²) in [5.41, 5.74) is 0.677. The maximum Gasteiger partial charge on any atom is 0.270 e. The Morgan fingerprint density at radius 3 is 2.48 bits per heavy atom. The molecule has 4 aromatic rings. The van der Waals surface area contributed by atoms with Crippen molar-refractivity contribution in [3.63, 3.8) is 0 Å². The normalized spacial score (nSPS) is 20.2. The van der Waals surface area contributed by atoms with Crippen molar-refractivity contribution in [2.45, 2.75) is 87.9 Å². The van der Waals surface area contributed by atoms with Crippen molar-refractivity contribution in [1.29, 1.82) is 0 Å². The Bertz CT molecular complexity index is 1980. The number of benzene rings is 2. The maximum atomic E-state index is 14.4. The van der Waals surface area contributed by atoms with E-state index in [-0.39, 0.29) is 48.1 Å². The number of halogens is 2. The number of alkyl halides is 1. The van der Waals surface area contributed by atoms with Gasteiger partial charge in [0.05, 0.1) is 35.6 Å². The summed E-state index contributed by atoms with van der Waals surface area (Å²) in [7, 11) is 3.26. The highest BCUT2D eigenvalue weighted by Crippen LogP contribution is 2.60. The summed E-state index contributed by atoms with van der Waals surface area (Å²) >= 11 is 6.83. The van der Waals surface area contributed by atoms with Crippen LogP contribution in [0.2, 0.25) is 5.02 Å². The molecule has 3 amide bonds. The van der Waals surface area contributed by atoms with Crippen LogP contribution in [0, 0.1) is 11.3 Å². The van der Waals surface area contributed by atoms with E-state index < -0.39 is 23.2 Å². The molecular formula is C39H47ClFN7O4. The standard InChI is InChI=1S/C39H47ClFN7O4/c1-37(15-16-37)30(25-10-5-6-11-26(25)40)32(46-34(49)29-14-19-43-48(29)3)33-44-27-13-12-24(20-28(27)45-33)38(2,22-52-4)36(51)47-31(23-8-7-9-23)35(50)42-21-39(41)17-18-39/h5-6,10-14,19-20,23,30-32H,7-9,15-18,21-22H2,1-4H3,(H,42,50)(H,44,45)(H,46,49)(H,47,51)/t30-,31+,32-,38?/m0/s1. The molecule has 1 unspecified atom stereocenters. The maximum absolute atomic E-state index is 14.4. The van der Waals surface area contributed by atoms with Crippen molar-refractivity contribution in [2.75, 3.05) is 20.3 Å². The lowest BCUT2D eigenvalue weighted by atomic mass is 9.77. The number of hydrogen-bond acceptors (Lipinski definition) is 6. The fraction of sp³-hybridized carbons (Fsp3) is 0.513. The molecule has 3 fully saturated rings. The third-order valence-electron chi connectivity index (χ3n) is 11.6. The van der Waals surface area contributed by atoms with E-state index in [0.29, 0.717) is 46.0 Å². The molecule has 276 valence electrons. The van der Waals surface area contributed by atoms with Gasteiger partial charge in [0.15, 0.2) is 0 Å². The molecule has 3 saturated carbocycles. The Kier molecular flexibility index (Phi) is 9.66. The average molecular weight is 732 g/mol.